The van der Waals surface area contributed by atoms with E-state index in [0.29, 0.717) is 18.5 Å². The molecule has 3 N–H and O–H groups in total. The molecule has 2 aliphatic rings. The Balaban J connectivity index is 1.42. The summed E-state index contributed by atoms with van der Waals surface area (Å²) >= 11 is 0. The average Bonchev–Trinajstić information content (AvgIpc) is 3.15. The first-order chi connectivity index (χ1) is 13.8. The molecule has 0 spiro atoms. The molecule has 0 aliphatic carbocycles. The monoisotopic (exact) mass is 408 g/mol. The first kappa shape index (κ1) is 21.6. The van der Waals surface area contributed by atoms with Crippen molar-refractivity contribution in [1.29, 1.82) is 0 Å². The summed E-state index contributed by atoms with van der Waals surface area (Å²) in [6.07, 6.45) is 2.19. The van der Waals surface area contributed by atoms with Crippen molar-refractivity contribution in [3.8, 4) is 0 Å². The van der Waals surface area contributed by atoms with Crippen LogP contribution in [0.25, 0.3) is 0 Å². The molecule has 2 fully saturated rings. The van der Waals surface area contributed by atoms with Crippen LogP contribution in [-0.4, -0.2) is 72.3 Å². The second-order valence-corrected chi connectivity index (χ2v) is 8.09. The van der Waals surface area contributed by atoms with Crippen molar-refractivity contribution >= 4 is 11.8 Å². The zero-order valence-electron chi connectivity index (χ0n) is 16.7. The number of amides is 2. The van der Waals surface area contributed by atoms with Crippen LogP contribution >= 0.6 is 0 Å². The molecular formula is C21H30F2N4O2. The van der Waals surface area contributed by atoms with E-state index < -0.39 is 12.5 Å². The van der Waals surface area contributed by atoms with Gasteiger partial charge in [-0.2, -0.15) is 0 Å². The Morgan fingerprint density at radius 2 is 2.07 bits per heavy atom. The second kappa shape index (κ2) is 9.63. The lowest BCUT2D eigenvalue weighted by Gasteiger charge is -2.34. The molecule has 0 saturated carbocycles. The standard InChI is InChI=1S/C21H30F2N4O2/c22-21(23)10-8-19(28)27(15-21)14-17(24)9-12-26-11-4-7-18(26)13-25-20(29)16-5-2-1-3-6-16/h1-3,5-6,17-18H,4,7-15,24H2,(H,25,29)/t17-,18-/m0/s1. The van der Waals surface area contributed by atoms with Crippen molar-refractivity contribution in [2.75, 3.05) is 32.7 Å². The molecule has 2 saturated heterocycles. The lowest BCUT2D eigenvalue weighted by molar-refractivity contribution is -0.147. The topological polar surface area (TPSA) is 78.7 Å². The number of carbonyl (C=O) groups excluding carboxylic acids is 2. The van der Waals surface area contributed by atoms with Crippen LogP contribution in [0.5, 0.6) is 0 Å². The summed E-state index contributed by atoms with van der Waals surface area (Å²) in [5.74, 6) is -3.14. The van der Waals surface area contributed by atoms with Gasteiger partial charge >= 0.3 is 0 Å². The SMILES string of the molecule is N[C@@H](CCN1CCC[C@H]1CNC(=O)c1ccccc1)CN1CC(F)(F)CCC1=O. The molecule has 2 atom stereocenters. The summed E-state index contributed by atoms with van der Waals surface area (Å²) in [7, 11) is 0. The van der Waals surface area contributed by atoms with Crippen molar-refractivity contribution in [2.24, 2.45) is 5.73 Å². The maximum absolute atomic E-state index is 13.6. The molecule has 0 aromatic heterocycles. The predicted molar refractivity (Wildman–Crippen MR) is 107 cm³/mol. The lowest BCUT2D eigenvalue weighted by Crippen LogP contribution is -2.51. The van der Waals surface area contributed by atoms with Crippen molar-refractivity contribution < 1.29 is 18.4 Å². The minimum absolute atomic E-state index is 0.0845. The van der Waals surface area contributed by atoms with Crippen molar-refractivity contribution in [3.63, 3.8) is 0 Å². The summed E-state index contributed by atoms with van der Waals surface area (Å²) in [5, 5.41) is 2.99. The summed E-state index contributed by atoms with van der Waals surface area (Å²) < 4.78 is 27.1. The van der Waals surface area contributed by atoms with E-state index in [1.54, 1.807) is 12.1 Å². The number of benzene rings is 1. The highest BCUT2D eigenvalue weighted by atomic mass is 19.3. The molecule has 2 amide bonds. The highest BCUT2D eigenvalue weighted by molar-refractivity contribution is 5.94. The fourth-order valence-corrected chi connectivity index (χ4v) is 4.09. The third kappa shape index (κ3) is 6.21. The van der Waals surface area contributed by atoms with Gasteiger partial charge in [0.2, 0.25) is 5.91 Å². The van der Waals surface area contributed by atoms with Gasteiger partial charge in [-0.25, -0.2) is 8.78 Å². The molecule has 160 valence electrons. The van der Waals surface area contributed by atoms with Crippen LogP contribution in [0, 0.1) is 0 Å². The van der Waals surface area contributed by atoms with E-state index in [0.717, 1.165) is 25.9 Å². The zero-order chi connectivity index (χ0) is 20.9. The molecule has 29 heavy (non-hydrogen) atoms. The average molecular weight is 408 g/mol. The number of rotatable bonds is 8. The minimum Gasteiger partial charge on any atom is -0.350 e. The fourth-order valence-electron chi connectivity index (χ4n) is 4.09. The van der Waals surface area contributed by atoms with Crippen LogP contribution in [0.15, 0.2) is 30.3 Å². The second-order valence-electron chi connectivity index (χ2n) is 8.09. The highest BCUT2D eigenvalue weighted by Gasteiger charge is 2.39. The van der Waals surface area contributed by atoms with Crippen molar-refractivity contribution in [1.82, 2.24) is 15.1 Å². The number of alkyl halides is 2. The smallest absolute Gasteiger partial charge is 0.265 e. The molecule has 1 aromatic carbocycles. The normalized spacial score (nSPS) is 23.2. The summed E-state index contributed by atoms with van der Waals surface area (Å²) in [4.78, 5) is 27.6. The summed E-state index contributed by atoms with van der Waals surface area (Å²) in [6, 6.07) is 9.02. The Bertz CT molecular complexity index is 701. The summed E-state index contributed by atoms with van der Waals surface area (Å²) in [6.45, 7) is 1.86. The molecule has 6 nitrogen and oxygen atoms in total. The maximum atomic E-state index is 13.6. The zero-order valence-corrected chi connectivity index (χ0v) is 16.7. The highest BCUT2D eigenvalue weighted by Crippen LogP contribution is 2.27. The number of hydrogen-bond acceptors (Lipinski definition) is 4. The summed E-state index contributed by atoms with van der Waals surface area (Å²) in [5.41, 5.74) is 6.78. The minimum atomic E-state index is -2.81. The Morgan fingerprint density at radius 3 is 2.83 bits per heavy atom. The predicted octanol–water partition coefficient (Wildman–Crippen LogP) is 1.86. The number of nitrogens with one attached hydrogen (secondary N) is 1. The molecule has 2 heterocycles. The largest absolute Gasteiger partial charge is 0.350 e. The molecule has 8 heteroatoms. The van der Waals surface area contributed by atoms with Gasteiger partial charge in [-0.05, 0) is 37.9 Å². The van der Waals surface area contributed by atoms with E-state index in [-0.39, 0.29) is 43.3 Å². The van der Waals surface area contributed by atoms with Gasteiger partial charge in [0.15, 0.2) is 0 Å². The van der Waals surface area contributed by atoms with Gasteiger partial charge in [0.05, 0.1) is 6.54 Å². The Hall–Kier alpha value is -2.06. The van der Waals surface area contributed by atoms with Gasteiger partial charge in [0.25, 0.3) is 11.8 Å². The van der Waals surface area contributed by atoms with Crippen molar-refractivity contribution in [3.05, 3.63) is 35.9 Å². The van der Waals surface area contributed by atoms with Crippen LogP contribution in [0.3, 0.4) is 0 Å². The van der Waals surface area contributed by atoms with Crippen LogP contribution in [0.4, 0.5) is 8.78 Å². The van der Waals surface area contributed by atoms with Crippen LogP contribution < -0.4 is 11.1 Å². The third-order valence-electron chi connectivity index (χ3n) is 5.75. The van der Waals surface area contributed by atoms with Crippen LogP contribution in [0.2, 0.25) is 0 Å². The molecule has 2 aliphatic heterocycles. The van der Waals surface area contributed by atoms with Gasteiger partial charge in [0, 0.05) is 50.1 Å². The Morgan fingerprint density at radius 1 is 1.31 bits per heavy atom. The van der Waals surface area contributed by atoms with Gasteiger partial charge in [-0.1, -0.05) is 18.2 Å². The quantitative estimate of drug-likeness (QED) is 0.688. The molecule has 0 radical (unpaired) electrons. The Kier molecular flexibility index (Phi) is 7.18. The first-order valence-corrected chi connectivity index (χ1v) is 10.3. The number of nitrogens with two attached hydrogens (primary N) is 1. The van der Waals surface area contributed by atoms with E-state index in [9.17, 15) is 18.4 Å². The van der Waals surface area contributed by atoms with Gasteiger partial charge < -0.3 is 16.0 Å². The number of halogens is 2. The molecule has 3 rings (SSSR count). The first-order valence-electron chi connectivity index (χ1n) is 10.3. The molecule has 0 unspecified atom stereocenters. The number of piperidine rings is 1. The lowest BCUT2D eigenvalue weighted by atomic mass is 10.1. The van der Waals surface area contributed by atoms with Gasteiger partial charge in [-0.15, -0.1) is 0 Å². The van der Waals surface area contributed by atoms with Crippen molar-refractivity contribution in [2.45, 2.75) is 50.1 Å². The molecule has 0 bridgehead atoms. The Labute approximate surface area is 170 Å². The van der Waals surface area contributed by atoms with E-state index in [2.05, 4.69) is 10.2 Å². The number of hydrogen-bond donors (Lipinski definition) is 2. The number of carbonyl (C=O) groups is 2. The maximum Gasteiger partial charge on any atom is 0.265 e. The third-order valence-corrected chi connectivity index (χ3v) is 5.75. The van der Waals surface area contributed by atoms with Gasteiger partial charge in [-0.3, -0.25) is 14.5 Å². The van der Waals surface area contributed by atoms with Crippen LogP contribution in [0.1, 0.15) is 42.5 Å². The number of nitrogens with zero attached hydrogens (tertiary/aromatic N) is 2. The van der Waals surface area contributed by atoms with Gasteiger partial charge in [0.1, 0.15) is 0 Å². The van der Waals surface area contributed by atoms with E-state index in [4.69, 9.17) is 5.73 Å². The van der Waals surface area contributed by atoms with Crippen LogP contribution in [-0.2, 0) is 4.79 Å². The van der Waals surface area contributed by atoms with E-state index >= 15 is 0 Å². The fraction of sp³-hybridized carbons (Fsp3) is 0.619. The molecule has 1 aromatic rings. The van der Waals surface area contributed by atoms with E-state index in [1.807, 2.05) is 18.2 Å². The molecular weight excluding hydrogens is 378 g/mol. The number of likely N-dealkylation sites (tertiary alicyclic amines) is 2. The van der Waals surface area contributed by atoms with E-state index in [1.165, 1.54) is 4.90 Å².